The molecule has 0 aliphatic heterocycles. The Morgan fingerprint density at radius 3 is 2.24 bits per heavy atom. The molecule has 96 valence electrons. The Kier molecular flexibility index (Phi) is 4.48. The first-order valence-electron chi connectivity index (χ1n) is 5.55. The molecule has 0 aliphatic carbocycles. The van der Waals surface area contributed by atoms with Crippen LogP contribution in [0, 0.1) is 0 Å². The van der Waals surface area contributed by atoms with Crippen LogP contribution in [0.2, 0.25) is 10.0 Å². The molecule has 0 spiro atoms. The van der Waals surface area contributed by atoms with Crippen LogP contribution in [-0.4, -0.2) is 17.2 Å². The number of aliphatic hydroxyl groups is 1. The summed E-state index contributed by atoms with van der Waals surface area (Å²) in [6.07, 6.45) is 0. The molecule has 0 fully saturated rings. The van der Waals surface area contributed by atoms with E-state index in [1.54, 1.807) is 25.1 Å². The van der Waals surface area contributed by atoms with Crippen molar-refractivity contribution in [3.63, 3.8) is 0 Å². The van der Waals surface area contributed by atoms with Crippen molar-refractivity contribution < 1.29 is 5.11 Å². The average Bonchev–Trinajstić information content (AvgIpc) is 2.13. The van der Waals surface area contributed by atoms with Crippen molar-refractivity contribution in [2.75, 3.05) is 6.54 Å². The van der Waals surface area contributed by atoms with Gasteiger partial charge in [0.15, 0.2) is 0 Å². The molecular formula is C13H19Cl2NO. The second-order valence-electron chi connectivity index (χ2n) is 5.50. The first-order valence-corrected chi connectivity index (χ1v) is 6.30. The third-order valence-electron chi connectivity index (χ3n) is 2.47. The molecule has 0 aliphatic rings. The van der Waals surface area contributed by atoms with E-state index in [9.17, 15) is 5.11 Å². The highest BCUT2D eigenvalue weighted by Gasteiger charge is 2.27. The van der Waals surface area contributed by atoms with Crippen molar-refractivity contribution in [3.8, 4) is 0 Å². The zero-order valence-electron chi connectivity index (χ0n) is 10.6. The van der Waals surface area contributed by atoms with E-state index in [2.05, 4.69) is 5.32 Å². The van der Waals surface area contributed by atoms with Crippen LogP contribution in [0.25, 0.3) is 0 Å². The smallest absolute Gasteiger partial charge is 0.101 e. The normalized spacial score (nSPS) is 15.7. The van der Waals surface area contributed by atoms with Gasteiger partial charge in [0.2, 0.25) is 0 Å². The Labute approximate surface area is 113 Å². The Morgan fingerprint density at radius 2 is 1.76 bits per heavy atom. The largest absolute Gasteiger partial charge is 0.384 e. The second-order valence-corrected chi connectivity index (χ2v) is 6.35. The third-order valence-corrected chi connectivity index (χ3v) is 3.02. The fourth-order valence-electron chi connectivity index (χ4n) is 1.46. The lowest BCUT2D eigenvalue weighted by atomic mass is 9.94. The minimum Gasteiger partial charge on any atom is -0.384 e. The summed E-state index contributed by atoms with van der Waals surface area (Å²) in [5.74, 6) is 0. The highest BCUT2D eigenvalue weighted by atomic mass is 35.5. The standard InChI is InChI=1S/C13H19Cl2NO/c1-12(2,3)16-8-13(4,17)10-6-5-9(14)7-11(10)15/h5-7,16-17H,8H2,1-4H3. The zero-order chi connectivity index (χ0) is 13.3. The van der Waals surface area contributed by atoms with E-state index in [1.165, 1.54) is 0 Å². The van der Waals surface area contributed by atoms with E-state index in [4.69, 9.17) is 23.2 Å². The second kappa shape index (κ2) is 5.15. The molecule has 1 aromatic carbocycles. The summed E-state index contributed by atoms with van der Waals surface area (Å²) in [7, 11) is 0. The lowest BCUT2D eigenvalue weighted by Crippen LogP contribution is -2.44. The average molecular weight is 276 g/mol. The molecule has 4 heteroatoms. The molecule has 0 saturated heterocycles. The molecule has 17 heavy (non-hydrogen) atoms. The van der Waals surface area contributed by atoms with Crippen LogP contribution < -0.4 is 5.32 Å². The van der Waals surface area contributed by atoms with E-state index in [-0.39, 0.29) is 5.54 Å². The van der Waals surface area contributed by atoms with Gasteiger partial charge in [-0.05, 0) is 39.8 Å². The maximum absolute atomic E-state index is 10.4. The van der Waals surface area contributed by atoms with Gasteiger partial charge in [-0.2, -0.15) is 0 Å². The van der Waals surface area contributed by atoms with Crippen LogP contribution in [0.5, 0.6) is 0 Å². The summed E-state index contributed by atoms with van der Waals surface area (Å²) in [5.41, 5.74) is -0.391. The molecule has 0 amide bonds. The molecule has 0 saturated carbocycles. The highest BCUT2D eigenvalue weighted by molar-refractivity contribution is 6.35. The van der Waals surface area contributed by atoms with Gasteiger partial charge >= 0.3 is 0 Å². The van der Waals surface area contributed by atoms with E-state index in [0.29, 0.717) is 22.2 Å². The number of hydrogen-bond donors (Lipinski definition) is 2. The minimum absolute atomic E-state index is 0.0527. The minimum atomic E-state index is -1.02. The zero-order valence-corrected chi connectivity index (χ0v) is 12.2. The lowest BCUT2D eigenvalue weighted by Gasteiger charge is -2.30. The van der Waals surface area contributed by atoms with Gasteiger partial charge in [-0.3, -0.25) is 0 Å². The molecule has 1 atom stereocenters. The summed E-state index contributed by atoms with van der Waals surface area (Å²) < 4.78 is 0. The first-order chi connectivity index (χ1) is 7.62. The highest BCUT2D eigenvalue weighted by Crippen LogP contribution is 2.30. The van der Waals surface area contributed by atoms with Crippen LogP contribution >= 0.6 is 23.2 Å². The summed E-state index contributed by atoms with van der Waals surface area (Å²) in [4.78, 5) is 0. The number of halogens is 2. The number of hydrogen-bond acceptors (Lipinski definition) is 2. The third kappa shape index (κ3) is 4.47. The Balaban J connectivity index is 2.89. The van der Waals surface area contributed by atoms with E-state index >= 15 is 0 Å². The van der Waals surface area contributed by atoms with Gasteiger partial charge in [0.25, 0.3) is 0 Å². The molecule has 0 bridgehead atoms. The predicted octanol–water partition coefficient (Wildman–Crippen LogP) is 3.59. The molecule has 0 aromatic heterocycles. The van der Waals surface area contributed by atoms with Gasteiger partial charge in [0.05, 0.1) is 0 Å². The summed E-state index contributed by atoms with van der Waals surface area (Å²) in [6, 6.07) is 5.13. The van der Waals surface area contributed by atoms with Crippen molar-refractivity contribution in [1.82, 2.24) is 5.32 Å². The molecule has 0 heterocycles. The lowest BCUT2D eigenvalue weighted by molar-refractivity contribution is 0.0503. The molecule has 2 nitrogen and oxygen atoms in total. The number of benzene rings is 1. The number of rotatable bonds is 3. The Bertz CT molecular complexity index is 397. The van der Waals surface area contributed by atoms with Crippen LogP contribution in [0.1, 0.15) is 33.3 Å². The van der Waals surface area contributed by atoms with E-state index in [1.807, 2.05) is 20.8 Å². The van der Waals surface area contributed by atoms with Gasteiger partial charge < -0.3 is 10.4 Å². The van der Waals surface area contributed by atoms with Crippen molar-refractivity contribution in [2.45, 2.75) is 38.8 Å². The summed E-state index contributed by atoms with van der Waals surface area (Å²) >= 11 is 11.9. The van der Waals surface area contributed by atoms with Crippen LogP contribution in [0.15, 0.2) is 18.2 Å². The molecular weight excluding hydrogens is 257 g/mol. The molecule has 2 N–H and O–H groups in total. The number of nitrogens with one attached hydrogen (secondary N) is 1. The quantitative estimate of drug-likeness (QED) is 0.884. The molecule has 1 unspecified atom stereocenters. The van der Waals surface area contributed by atoms with Crippen molar-refractivity contribution in [2.24, 2.45) is 0 Å². The van der Waals surface area contributed by atoms with Crippen molar-refractivity contribution >= 4 is 23.2 Å². The van der Waals surface area contributed by atoms with E-state index < -0.39 is 5.60 Å². The van der Waals surface area contributed by atoms with Gasteiger partial charge in [-0.25, -0.2) is 0 Å². The van der Waals surface area contributed by atoms with Crippen LogP contribution in [0.4, 0.5) is 0 Å². The van der Waals surface area contributed by atoms with Crippen LogP contribution in [0.3, 0.4) is 0 Å². The summed E-state index contributed by atoms with van der Waals surface area (Å²) in [6.45, 7) is 8.31. The number of β-amino-alcohol motifs (C(OH)–C–C–N with tert-alkyl or cyclic N) is 1. The van der Waals surface area contributed by atoms with Gasteiger partial charge in [-0.1, -0.05) is 29.3 Å². The topological polar surface area (TPSA) is 32.3 Å². The van der Waals surface area contributed by atoms with Gasteiger partial charge in [0, 0.05) is 27.7 Å². The van der Waals surface area contributed by atoms with Crippen LogP contribution in [-0.2, 0) is 5.60 Å². The molecule has 1 rings (SSSR count). The fourth-order valence-corrected chi connectivity index (χ4v) is 2.07. The maximum Gasteiger partial charge on any atom is 0.101 e. The monoisotopic (exact) mass is 275 g/mol. The Morgan fingerprint density at radius 1 is 1.18 bits per heavy atom. The Hall–Kier alpha value is -0.280. The van der Waals surface area contributed by atoms with Crippen molar-refractivity contribution in [3.05, 3.63) is 33.8 Å². The van der Waals surface area contributed by atoms with Crippen molar-refractivity contribution in [1.29, 1.82) is 0 Å². The van der Waals surface area contributed by atoms with E-state index in [0.717, 1.165) is 0 Å². The fraction of sp³-hybridized carbons (Fsp3) is 0.538. The first kappa shape index (κ1) is 14.8. The van der Waals surface area contributed by atoms with Gasteiger partial charge in [-0.15, -0.1) is 0 Å². The van der Waals surface area contributed by atoms with Gasteiger partial charge in [0.1, 0.15) is 5.60 Å². The SMILES string of the molecule is CC(C)(C)NCC(C)(O)c1ccc(Cl)cc1Cl. The molecule has 0 radical (unpaired) electrons. The summed E-state index contributed by atoms with van der Waals surface area (Å²) in [5, 5.41) is 14.7. The maximum atomic E-state index is 10.4. The molecule has 1 aromatic rings. The predicted molar refractivity (Wildman–Crippen MR) is 73.8 cm³/mol.